The Morgan fingerprint density at radius 3 is 2.50 bits per heavy atom. The van der Waals surface area contributed by atoms with E-state index in [1.54, 1.807) is 0 Å². The Morgan fingerprint density at radius 2 is 2.00 bits per heavy atom. The van der Waals surface area contributed by atoms with Crippen LogP contribution in [0.15, 0.2) is 0 Å². The van der Waals surface area contributed by atoms with Gasteiger partial charge in [-0.3, -0.25) is 4.74 Å². The molecule has 0 spiro atoms. The second-order valence-corrected chi connectivity index (χ2v) is 3.46. The van der Waals surface area contributed by atoms with Crippen LogP contribution in [0.25, 0.3) is 0 Å². The van der Waals surface area contributed by atoms with Crippen molar-refractivity contribution >= 4 is 11.6 Å². The van der Waals surface area contributed by atoms with Crippen LogP contribution in [-0.2, 0) is 4.74 Å². The number of rotatable bonds is 7. The van der Waals surface area contributed by atoms with Gasteiger partial charge in [0.25, 0.3) is 0 Å². The molecule has 0 amide bonds. The van der Waals surface area contributed by atoms with Gasteiger partial charge in [0, 0.05) is 11.9 Å². The van der Waals surface area contributed by atoms with E-state index in [4.69, 9.17) is 11.6 Å². The van der Waals surface area contributed by atoms with Gasteiger partial charge >= 0.3 is 6.36 Å². The minimum Gasteiger partial charge on any atom is -0.314 e. The third kappa shape index (κ3) is 10.1. The molecule has 1 atom stereocenters. The molecule has 6 heteroatoms. The molecule has 1 unspecified atom stereocenters. The first-order chi connectivity index (χ1) is 6.45. The average Bonchev–Trinajstić information content (AvgIpc) is 2.08. The molecule has 86 valence electrons. The molecule has 0 fully saturated rings. The molecule has 0 aliphatic heterocycles. The number of alkyl halides is 4. The van der Waals surface area contributed by atoms with E-state index in [2.05, 4.69) is 10.1 Å². The van der Waals surface area contributed by atoms with Gasteiger partial charge in [0.2, 0.25) is 0 Å². The highest BCUT2D eigenvalue weighted by atomic mass is 35.5. The maximum atomic E-state index is 11.5. The molecule has 0 aliphatic carbocycles. The first kappa shape index (κ1) is 14.0. The van der Waals surface area contributed by atoms with Crippen LogP contribution in [-0.4, -0.2) is 31.4 Å². The lowest BCUT2D eigenvalue weighted by Gasteiger charge is -2.09. The summed E-state index contributed by atoms with van der Waals surface area (Å²) in [6.07, 6.45) is -2.91. The monoisotopic (exact) mass is 233 g/mol. The Kier molecular flexibility index (Phi) is 7.31. The first-order valence-electron chi connectivity index (χ1n) is 4.51. The maximum absolute atomic E-state index is 11.5. The third-order valence-electron chi connectivity index (χ3n) is 1.62. The van der Waals surface area contributed by atoms with Crippen molar-refractivity contribution < 1.29 is 17.9 Å². The zero-order valence-electron chi connectivity index (χ0n) is 8.03. The molecule has 0 aliphatic rings. The highest BCUT2D eigenvalue weighted by Gasteiger charge is 2.28. The summed E-state index contributed by atoms with van der Waals surface area (Å²) in [6.45, 7) is 2.41. The standard InChI is InChI=1S/C8H15ClF3NO/c1-2-7(9)3-4-13-5-6-14-8(10,11)12/h7,13H,2-6H2,1H3. The van der Waals surface area contributed by atoms with Crippen molar-refractivity contribution in [2.45, 2.75) is 31.5 Å². The lowest BCUT2D eigenvalue weighted by Crippen LogP contribution is -2.26. The zero-order chi connectivity index (χ0) is 11.0. The summed E-state index contributed by atoms with van der Waals surface area (Å²) < 4.78 is 38.0. The average molecular weight is 234 g/mol. The fraction of sp³-hybridized carbons (Fsp3) is 1.00. The summed E-state index contributed by atoms with van der Waals surface area (Å²) >= 11 is 5.80. The summed E-state index contributed by atoms with van der Waals surface area (Å²) in [5.41, 5.74) is 0. The first-order valence-corrected chi connectivity index (χ1v) is 4.95. The number of ether oxygens (including phenoxy) is 1. The zero-order valence-corrected chi connectivity index (χ0v) is 8.79. The van der Waals surface area contributed by atoms with Crippen molar-refractivity contribution in [3.8, 4) is 0 Å². The van der Waals surface area contributed by atoms with Crippen LogP contribution < -0.4 is 5.32 Å². The van der Waals surface area contributed by atoms with Crippen LogP contribution in [0.3, 0.4) is 0 Å². The lowest BCUT2D eigenvalue weighted by atomic mass is 10.2. The Labute approximate surface area is 86.8 Å². The van der Waals surface area contributed by atoms with Crippen LogP contribution in [0.5, 0.6) is 0 Å². The van der Waals surface area contributed by atoms with Gasteiger partial charge in [0.1, 0.15) is 0 Å². The highest BCUT2D eigenvalue weighted by molar-refractivity contribution is 6.20. The molecule has 0 rings (SSSR count). The minimum absolute atomic E-state index is 0.0889. The van der Waals surface area contributed by atoms with E-state index in [-0.39, 0.29) is 18.5 Å². The van der Waals surface area contributed by atoms with Gasteiger partial charge in [-0.15, -0.1) is 24.8 Å². The van der Waals surface area contributed by atoms with E-state index < -0.39 is 6.36 Å². The van der Waals surface area contributed by atoms with Crippen LogP contribution in [0.4, 0.5) is 13.2 Å². The fourth-order valence-electron chi connectivity index (χ4n) is 0.827. The number of nitrogens with one attached hydrogen (secondary N) is 1. The number of hydrogen-bond donors (Lipinski definition) is 1. The minimum atomic E-state index is -4.53. The summed E-state index contributed by atoms with van der Waals surface area (Å²) in [5.74, 6) is 0. The Morgan fingerprint density at radius 1 is 1.36 bits per heavy atom. The van der Waals surface area contributed by atoms with Crippen molar-refractivity contribution in [3.63, 3.8) is 0 Å². The number of hydrogen-bond acceptors (Lipinski definition) is 2. The molecular weight excluding hydrogens is 219 g/mol. The van der Waals surface area contributed by atoms with Crippen LogP contribution in [0.1, 0.15) is 19.8 Å². The van der Waals surface area contributed by atoms with Gasteiger partial charge in [-0.05, 0) is 19.4 Å². The number of halogens is 4. The second kappa shape index (κ2) is 7.31. The molecule has 0 saturated carbocycles. The molecule has 0 aromatic heterocycles. The SMILES string of the molecule is CCC(Cl)CCNCCOC(F)(F)F. The molecule has 0 heterocycles. The third-order valence-corrected chi connectivity index (χ3v) is 2.15. The smallest absolute Gasteiger partial charge is 0.314 e. The molecule has 2 nitrogen and oxygen atoms in total. The fourth-order valence-corrected chi connectivity index (χ4v) is 0.936. The molecule has 0 aromatic carbocycles. The second-order valence-electron chi connectivity index (χ2n) is 2.84. The van der Waals surface area contributed by atoms with Gasteiger partial charge < -0.3 is 5.32 Å². The maximum Gasteiger partial charge on any atom is 0.522 e. The predicted molar refractivity (Wildman–Crippen MR) is 49.4 cm³/mol. The van der Waals surface area contributed by atoms with Gasteiger partial charge in [0.15, 0.2) is 0 Å². The van der Waals surface area contributed by atoms with E-state index in [1.165, 1.54) is 0 Å². The Bertz CT molecular complexity index is 143. The van der Waals surface area contributed by atoms with Crippen LogP contribution in [0, 0.1) is 0 Å². The summed E-state index contributed by atoms with van der Waals surface area (Å²) in [7, 11) is 0. The molecular formula is C8H15ClF3NO. The van der Waals surface area contributed by atoms with E-state index >= 15 is 0 Å². The Balaban J connectivity index is 3.14. The van der Waals surface area contributed by atoms with Crippen LogP contribution in [0.2, 0.25) is 0 Å². The molecule has 0 aromatic rings. The molecule has 1 N–H and O–H groups in total. The highest BCUT2D eigenvalue weighted by Crippen LogP contribution is 2.15. The molecule has 0 radical (unpaired) electrons. The van der Waals surface area contributed by atoms with Gasteiger partial charge in [-0.1, -0.05) is 6.92 Å². The van der Waals surface area contributed by atoms with E-state index in [9.17, 15) is 13.2 Å². The summed E-state index contributed by atoms with van der Waals surface area (Å²) in [5, 5.41) is 2.90. The van der Waals surface area contributed by atoms with Crippen molar-refractivity contribution in [1.82, 2.24) is 5.32 Å². The van der Waals surface area contributed by atoms with Gasteiger partial charge in [-0.2, -0.15) is 0 Å². The molecule has 0 bridgehead atoms. The van der Waals surface area contributed by atoms with Crippen molar-refractivity contribution in [2.75, 3.05) is 19.7 Å². The predicted octanol–water partition coefficient (Wildman–Crippen LogP) is 2.52. The summed E-state index contributed by atoms with van der Waals surface area (Å²) in [4.78, 5) is 0. The topological polar surface area (TPSA) is 21.3 Å². The normalized spacial score (nSPS) is 14.4. The van der Waals surface area contributed by atoms with Gasteiger partial charge in [0.05, 0.1) is 6.61 Å². The largest absolute Gasteiger partial charge is 0.522 e. The van der Waals surface area contributed by atoms with Crippen molar-refractivity contribution in [3.05, 3.63) is 0 Å². The van der Waals surface area contributed by atoms with E-state index in [1.807, 2.05) is 6.92 Å². The van der Waals surface area contributed by atoms with Crippen molar-refractivity contribution in [1.29, 1.82) is 0 Å². The van der Waals surface area contributed by atoms with Crippen LogP contribution >= 0.6 is 11.6 Å². The molecule has 14 heavy (non-hydrogen) atoms. The van der Waals surface area contributed by atoms with Crippen molar-refractivity contribution in [2.24, 2.45) is 0 Å². The van der Waals surface area contributed by atoms with Gasteiger partial charge in [-0.25, -0.2) is 0 Å². The van der Waals surface area contributed by atoms with E-state index in [0.717, 1.165) is 12.8 Å². The Hall–Kier alpha value is -0.0000000000000000555. The quantitative estimate of drug-likeness (QED) is 0.539. The van der Waals surface area contributed by atoms with E-state index in [0.29, 0.717) is 6.54 Å². The molecule has 0 saturated heterocycles. The lowest BCUT2D eigenvalue weighted by molar-refractivity contribution is -0.323. The summed E-state index contributed by atoms with van der Waals surface area (Å²) in [6, 6.07) is 0.